The number of anilines is 1. The first kappa shape index (κ1) is 24.1. The minimum atomic E-state index is -4.00. The molecule has 0 radical (unpaired) electrons. The Labute approximate surface area is 195 Å². The summed E-state index contributed by atoms with van der Waals surface area (Å²) in [6, 6.07) is 21.7. The van der Waals surface area contributed by atoms with E-state index in [9.17, 15) is 13.2 Å². The summed E-state index contributed by atoms with van der Waals surface area (Å²) in [4.78, 5) is 13.0. The fraction of sp³-hybridized carbons (Fsp3) is 0.240. The Morgan fingerprint density at radius 2 is 1.61 bits per heavy atom. The second-order valence-corrected chi connectivity index (χ2v) is 9.15. The summed E-state index contributed by atoms with van der Waals surface area (Å²) < 4.78 is 38.8. The Balaban J connectivity index is 1.86. The molecule has 1 atom stereocenters. The number of benzene rings is 3. The van der Waals surface area contributed by atoms with Crippen LogP contribution in [-0.2, 0) is 14.8 Å². The van der Waals surface area contributed by atoms with Gasteiger partial charge in [0.25, 0.3) is 10.0 Å². The molecular formula is C25H28N2O5S. The first-order valence-corrected chi connectivity index (χ1v) is 12.0. The van der Waals surface area contributed by atoms with Crippen LogP contribution in [0.4, 0.5) is 5.69 Å². The molecule has 0 fully saturated rings. The van der Waals surface area contributed by atoms with Crippen molar-refractivity contribution >= 4 is 21.6 Å². The largest absolute Gasteiger partial charge is 0.496 e. The molecule has 3 rings (SSSR count). The molecule has 0 spiro atoms. The number of sulfonamides is 1. The minimum absolute atomic E-state index is 0.0698. The molecule has 0 aliphatic carbocycles. The lowest BCUT2D eigenvalue weighted by atomic mass is 10.1. The van der Waals surface area contributed by atoms with Crippen molar-refractivity contribution in [1.82, 2.24) is 5.32 Å². The van der Waals surface area contributed by atoms with E-state index in [4.69, 9.17) is 9.47 Å². The van der Waals surface area contributed by atoms with E-state index >= 15 is 0 Å². The van der Waals surface area contributed by atoms with E-state index < -0.39 is 15.9 Å². The molecular weight excluding hydrogens is 440 g/mol. The highest BCUT2D eigenvalue weighted by Crippen LogP contribution is 2.26. The van der Waals surface area contributed by atoms with Crippen molar-refractivity contribution in [3.05, 3.63) is 84.4 Å². The van der Waals surface area contributed by atoms with Crippen molar-refractivity contribution in [3.63, 3.8) is 0 Å². The number of amides is 1. The smallest absolute Gasteiger partial charge is 0.264 e. The summed E-state index contributed by atoms with van der Waals surface area (Å²) in [6.45, 7) is 3.78. The maximum Gasteiger partial charge on any atom is 0.264 e. The molecule has 0 bridgehead atoms. The first-order valence-electron chi connectivity index (χ1n) is 10.6. The molecule has 0 aliphatic heterocycles. The van der Waals surface area contributed by atoms with E-state index in [2.05, 4.69) is 5.32 Å². The van der Waals surface area contributed by atoms with E-state index in [0.29, 0.717) is 23.8 Å². The first-order chi connectivity index (χ1) is 15.9. The molecule has 1 amide bonds. The minimum Gasteiger partial charge on any atom is -0.496 e. The van der Waals surface area contributed by atoms with Crippen molar-refractivity contribution in [1.29, 1.82) is 0 Å². The van der Waals surface area contributed by atoms with Crippen molar-refractivity contribution < 1.29 is 22.7 Å². The summed E-state index contributed by atoms with van der Waals surface area (Å²) >= 11 is 0. The third-order valence-electron chi connectivity index (χ3n) is 5.04. The van der Waals surface area contributed by atoms with Gasteiger partial charge in [-0.25, -0.2) is 8.42 Å². The van der Waals surface area contributed by atoms with Crippen molar-refractivity contribution in [2.24, 2.45) is 0 Å². The number of hydrogen-bond acceptors (Lipinski definition) is 5. The molecule has 8 heteroatoms. The van der Waals surface area contributed by atoms with E-state index in [-0.39, 0.29) is 17.5 Å². The molecule has 33 heavy (non-hydrogen) atoms. The van der Waals surface area contributed by atoms with Gasteiger partial charge < -0.3 is 14.8 Å². The SMILES string of the molecule is CCOc1ccc(S(=O)(=O)N(CC(=O)N[C@@H](C)c2ccccc2OC)c2ccccc2)cc1. The number of ether oxygens (including phenoxy) is 2. The second-order valence-electron chi connectivity index (χ2n) is 7.28. The zero-order valence-electron chi connectivity index (χ0n) is 18.9. The number of carbonyl (C=O) groups excluding carboxylic acids is 1. The van der Waals surface area contributed by atoms with Gasteiger partial charge in [-0.1, -0.05) is 36.4 Å². The standard InChI is InChI=1S/C25H28N2O5S/c1-4-32-21-14-16-22(17-15-21)33(29,30)27(20-10-6-5-7-11-20)18-25(28)26-19(2)23-12-8-9-13-24(23)31-3/h5-17,19H,4,18H2,1-3H3,(H,26,28)/t19-/m0/s1. The number of para-hydroxylation sites is 2. The summed E-state index contributed by atoms with van der Waals surface area (Å²) in [5, 5.41) is 2.88. The fourth-order valence-corrected chi connectivity index (χ4v) is 4.85. The van der Waals surface area contributed by atoms with Gasteiger partial charge >= 0.3 is 0 Å². The lowest BCUT2D eigenvalue weighted by Crippen LogP contribution is -2.41. The van der Waals surface area contributed by atoms with Crippen LogP contribution in [0.2, 0.25) is 0 Å². The Hall–Kier alpha value is -3.52. The maximum absolute atomic E-state index is 13.5. The molecule has 3 aromatic rings. The van der Waals surface area contributed by atoms with Gasteiger partial charge in [-0.2, -0.15) is 0 Å². The highest BCUT2D eigenvalue weighted by Gasteiger charge is 2.28. The zero-order valence-corrected chi connectivity index (χ0v) is 19.7. The van der Waals surface area contributed by atoms with Crippen LogP contribution in [-0.4, -0.2) is 34.6 Å². The van der Waals surface area contributed by atoms with Crippen LogP contribution in [0.1, 0.15) is 25.5 Å². The molecule has 174 valence electrons. The van der Waals surface area contributed by atoms with Gasteiger partial charge in [-0.3, -0.25) is 9.10 Å². The van der Waals surface area contributed by atoms with E-state index in [0.717, 1.165) is 9.87 Å². The van der Waals surface area contributed by atoms with Gasteiger partial charge in [-0.05, 0) is 56.3 Å². The van der Waals surface area contributed by atoms with Gasteiger partial charge in [-0.15, -0.1) is 0 Å². The van der Waals surface area contributed by atoms with Gasteiger partial charge in [0.2, 0.25) is 5.91 Å². The fourth-order valence-electron chi connectivity index (χ4n) is 3.43. The van der Waals surface area contributed by atoms with Crippen LogP contribution >= 0.6 is 0 Å². The Bertz CT molecular complexity index is 1160. The quantitative estimate of drug-likeness (QED) is 0.483. The summed E-state index contributed by atoms with van der Waals surface area (Å²) in [7, 11) is -2.44. The summed E-state index contributed by atoms with van der Waals surface area (Å²) in [6.07, 6.45) is 0. The number of nitrogens with zero attached hydrogens (tertiary/aromatic N) is 1. The predicted octanol–water partition coefficient (Wildman–Crippen LogP) is 4.17. The van der Waals surface area contributed by atoms with E-state index in [1.165, 1.54) is 12.1 Å². The molecule has 0 saturated carbocycles. The van der Waals surface area contributed by atoms with Crippen LogP contribution in [0.25, 0.3) is 0 Å². The maximum atomic E-state index is 13.5. The van der Waals surface area contributed by atoms with Crippen molar-refractivity contribution in [3.8, 4) is 11.5 Å². The van der Waals surface area contributed by atoms with Crippen molar-refractivity contribution in [2.75, 3.05) is 24.6 Å². The molecule has 1 N–H and O–H groups in total. The highest BCUT2D eigenvalue weighted by atomic mass is 32.2. The molecule has 0 heterocycles. The zero-order chi connectivity index (χ0) is 23.8. The second kappa shape index (κ2) is 10.9. The average molecular weight is 469 g/mol. The number of methoxy groups -OCH3 is 1. The van der Waals surface area contributed by atoms with E-state index in [1.807, 2.05) is 38.1 Å². The lowest BCUT2D eigenvalue weighted by Gasteiger charge is -2.25. The number of nitrogens with one attached hydrogen (secondary N) is 1. The molecule has 0 unspecified atom stereocenters. The average Bonchev–Trinajstić information content (AvgIpc) is 2.83. The molecule has 0 saturated heterocycles. The van der Waals surface area contributed by atoms with Crippen LogP contribution in [0, 0.1) is 0 Å². The Kier molecular flexibility index (Phi) is 7.95. The molecule has 3 aromatic carbocycles. The van der Waals surface area contributed by atoms with Gasteiger partial charge in [0.1, 0.15) is 18.0 Å². The number of hydrogen-bond donors (Lipinski definition) is 1. The van der Waals surface area contributed by atoms with Gasteiger partial charge in [0, 0.05) is 5.56 Å². The van der Waals surface area contributed by atoms with Crippen LogP contribution in [0.15, 0.2) is 83.8 Å². The summed E-state index contributed by atoms with van der Waals surface area (Å²) in [5.74, 6) is 0.782. The topological polar surface area (TPSA) is 84.9 Å². The third kappa shape index (κ3) is 5.84. The third-order valence-corrected chi connectivity index (χ3v) is 6.83. The van der Waals surface area contributed by atoms with Crippen LogP contribution in [0.3, 0.4) is 0 Å². The van der Waals surface area contributed by atoms with Crippen LogP contribution in [0.5, 0.6) is 11.5 Å². The van der Waals surface area contributed by atoms with Gasteiger partial charge in [0.05, 0.1) is 30.3 Å². The molecule has 7 nitrogen and oxygen atoms in total. The Morgan fingerprint density at radius 3 is 2.24 bits per heavy atom. The van der Waals surface area contributed by atoms with E-state index in [1.54, 1.807) is 49.6 Å². The molecule has 0 aromatic heterocycles. The monoisotopic (exact) mass is 468 g/mol. The predicted molar refractivity (Wildman–Crippen MR) is 128 cm³/mol. The molecule has 0 aliphatic rings. The van der Waals surface area contributed by atoms with Crippen molar-refractivity contribution in [2.45, 2.75) is 24.8 Å². The van der Waals surface area contributed by atoms with Crippen LogP contribution < -0.4 is 19.1 Å². The highest BCUT2D eigenvalue weighted by molar-refractivity contribution is 7.92. The lowest BCUT2D eigenvalue weighted by molar-refractivity contribution is -0.120. The van der Waals surface area contributed by atoms with Gasteiger partial charge in [0.15, 0.2) is 0 Å². The number of rotatable bonds is 10. The number of carbonyl (C=O) groups is 1. The normalized spacial score (nSPS) is 12.0. The summed E-state index contributed by atoms with van der Waals surface area (Å²) in [5.41, 5.74) is 1.19. The Morgan fingerprint density at radius 1 is 0.970 bits per heavy atom.